The predicted octanol–water partition coefficient (Wildman–Crippen LogP) is 3.05. The molecule has 1 saturated carbocycles. The van der Waals surface area contributed by atoms with E-state index in [4.69, 9.17) is 0 Å². The summed E-state index contributed by atoms with van der Waals surface area (Å²) >= 11 is 3.70. The molecule has 114 valence electrons. The van der Waals surface area contributed by atoms with Crippen molar-refractivity contribution in [3.05, 3.63) is 16.4 Å². The summed E-state index contributed by atoms with van der Waals surface area (Å²) in [7, 11) is 6.29. The lowest BCUT2D eigenvalue weighted by atomic mass is 9.82. The van der Waals surface area contributed by atoms with Gasteiger partial charge in [-0.2, -0.15) is 5.10 Å². The van der Waals surface area contributed by atoms with Crippen LogP contribution in [0.4, 0.5) is 0 Å². The maximum absolute atomic E-state index is 4.55. The quantitative estimate of drug-likeness (QED) is 0.862. The Morgan fingerprint density at radius 3 is 2.70 bits per heavy atom. The molecule has 0 saturated heterocycles. The second kappa shape index (κ2) is 7.57. The van der Waals surface area contributed by atoms with E-state index in [2.05, 4.69) is 57.1 Å². The third-order valence-corrected chi connectivity index (χ3v) is 4.93. The molecule has 1 heterocycles. The van der Waals surface area contributed by atoms with Gasteiger partial charge in [0.1, 0.15) is 0 Å². The molecule has 0 amide bonds. The van der Waals surface area contributed by atoms with Crippen LogP contribution in [0.25, 0.3) is 0 Å². The van der Waals surface area contributed by atoms with E-state index in [1.807, 2.05) is 6.20 Å². The number of rotatable bonds is 6. The molecular formula is C15H27BrN4. The summed E-state index contributed by atoms with van der Waals surface area (Å²) in [5, 5.41) is 8.09. The van der Waals surface area contributed by atoms with Gasteiger partial charge in [0, 0.05) is 6.54 Å². The third-order valence-electron chi connectivity index (χ3n) is 4.32. The van der Waals surface area contributed by atoms with Crippen LogP contribution in [0.5, 0.6) is 0 Å². The van der Waals surface area contributed by atoms with Crippen LogP contribution in [0.3, 0.4) is 0 Å². The lowest BCUT2D eigenvalue weighted by Crippen LogP contribution is -2.30. The lowest BCUT2D eigenvalue weighted by molar-refractivity contribution is 0.266. The van der Waals surface area contributed by atoms with Crippen LogP contribution in [-0.2, 0) is 6.54 Å². The Morgan fingerprint density at radius 2 is 2.10 bits per heavy atom. The van der Waals surface area contributed by atoms with Crippen molar-refractivity contribution in [1.82, 2.24) is 20.0 Å². The molecule has 1 atom stereocenters. The van der Waals surface area contributed by atoms with E-state index in [-0.39, 0.29) is 0 Å². The van der Waals surface area contributed by atoms with Crippen LogP contribution in [0, 0.1) is 5.92 Å². The maximum Gasteiger partial charge on any atom is 0.0698 e. The SMILES string of the molecule is CNC(c1c(Br)cnn1CCN(C)C)C1CCCCC1. The fourth-order valence-electron chi connectivity index (χ4n) is 3.22. The fraction of sp³-hybridized carbons (Fsp3) is 0.800. The first-order valence-corrected chi connectivity index (χ1v) is 8.46. The van der Waals surface area contributed by atoms with Crippen LogP contribution in [0.15, 0.2) is 10.7 Å². The Morgan fingerprint density at radius 1 is 1.40 bits per heavy atom. The highest BCUT2D eigenvalue weighted by Gasteiger charge is 2.28. The number of halogens is 1. The van der Waals surface area contributed by atoms with Crippen molar-refractivity contribution in [1.29, 1.82) is 0 Å². The Balaban J connectivity index is 2.17. The van der Waals surface area contributed by atoms with E-state index in [9.17, 15) is 0 Å². The molecule has 0 spiro atoms. The molecule has 0 aromatic carbocycles. The third kappa shape index (κ3) is 3.83. The topological polar surface area (TPSA) is 33.1 Å². The lowest BCUT2D eigenvalue weighted by Gasteiger charge is -2.31. The minimum absolute atomic E-state index is 0.411. The van der Waals surface area contributed by atoms with E-state index >= 15 is 0 Å². The molecule has 1 N–H and O–H groups in total. The molecule has 0 aliphatic heterocycles. The Bertz CT molecular complexity index is 410. The van der Waals surface area contributed by atoms with E-state index in [0.29, 0.717) is 6.04 Å². The second-order valence-corrected chi connectivity index (χ2v) is 6.92. The molecule has 1 aliphatic carbocycles. The number of hydrogen-bond donors (Lipinski definition) is 1. The standard InChI is InChI=1S/C15H27BrN4/c1-17-14(12-7-5-4-6-8-12)15-13(16)11-18-20(15)10-9-19(2)3/h11-12,14,17H,4-10H2,1-3H3. The van der Waals surface area contributed by atoms with E-state index < -0.39 is 0 Å². The van der Waals surface area contributed by atoms with Crippen molar-refractivity contribution in [2.45, 2.75) is 44.7 Å². The number of likely N-dealkylation sites (N-methyl/N-ethyl adjacent to an activating group) is 1. The number of aromatic nitrogens is 2. The van der Waals surface area contributed by atoms with E-state index in [0.717, 1.165) is 23.5 Å². The van der Waals surface area contributed by atoms with Gasteiger partial charge in [0.05, 0.1) is 29.0 Å². The molecule has 1 aliphatic rings. The van der Waals surface area contributed by atoms with Crippen molar-refractivity contribution in [2.75, 3.05) is 27.7 Å². The summed E-state index contributed by atoms with van der Waals surface area (Å²) in [6, 6.07) is 0.411. The zero-order valence-corrected chi connectivity index (χ0v) is 14.5. The van der Waals surface area contributed by atoms with Gasteiger partial charge in [-0.3, -0.25) is 4.68 Å². The number of hydrogen-bond acceptors (Lipinski definition) is 3. The zero-order valence-electron chi connectivity index (χ0n) is 12.9. The van der Waals surface area contributed by atoms with Gasteiger partial charge in [0.15, 0.2) is 0 Å². The molecule has 5 heteroatoms. The first-order valence-electron chi connectivity index (χ1n) is 7.66. The fourth-order valence-corrected chi connectivity index (χ4v) is 3.76. The van der Waals surface area contributed by atoms with Gasteiger partial charge in [-0.15, -0.1) is 0 Å². The molecule has 1 aromatic rings. The summed E-state index contributed by atoms with van der Waals surface area (Å²) in [6.45, 7) is 1.96. The molecule has 0 bridgehead atoms. The molecule has 1 fully saturated rings. The highest BCUT2D eigenvalue weighted by atomic mass is 79.9. The van der Waals surface area contributed by atoms with Gasteiger partial charge in [0.25, 0.3) is 0 Å². The first-order chi connectivity index (χ1) is 9.63. The van der Waals surface area contributed by atoms with Gasteiger partial charge in [0.2, 0.25) is 0 Å². The van der Waals surface area contributed by atoms with E-state index in [1.54, 1.807) is 0 Å². The van der Waals surface area contributed by atoms with Gasteiger partial charge < -0.3 is 10.2 Å². The van der Waals surface area contributed by atoms with Crippen molar-refractivity contribution < 1.29 is 0 Å². The normalized spacial score (nSPS) is 18.6. The molecule has 4 nitrogen and oxygen atoms in total. The summed E-state index contributed by atoms with van der Waals surface area (Å²) in [4.78, 5) is 2.20. The van der Waals surface area contributed by atoms with Crippen molar-refractivity contribution in [2.24, 2.45) is 5.92 Å². The summed E-state index contributed by atoms with van der Waals surface area (Å²) < 4.78 is 3.31. The van der Waals surface area contributed by atoms with Gasteiger partial charge in [-0.05, 0) is 55.8 Å². The maximum atomic E-state index is 4.55. The minimum Gasteiger partial charge on any atom is -0.311 e. The highest BCUT2D eigenvalue weighted by Crippen LogP contribution is 2.36. The van der Waals surface area contributed by atoms with Crippen LogP contribution in [0.2, 0.25) is 0 Å². The van der Waals surface area contributed by atoms with E-state index in [1.165, 1.54) is 37.8 Å². The van der Waals surface area contributed by atoms with Crippen LogP contribution in [-0.4, -0.2) is 42.4 Å². The average molecular weight is 343 g/mol. The van der Waals surface area contributed by atoms with Gasteiger partial charge in [-0.1, -0.05) is 19.3 Å². The van der Waals surface area contributed by atoms with Gasteiger partial charge in [-0.25, -0.2) is 0 Å². The largest absolute Gasteiger partial charge is 0.311 e. The summed E-state index contributed by atoms with van der Waals surface area (Å²) in [6.07, 6.45) is 8.73. The Kier molecular flexibility index (Phi) is 6.05. The second-order valence-electron chi connectivity index (χ2n) is 6.07. The van der Waals surface area contributed by atoms with Crippen molar-refractivity contribution in [3.8, 4) is 0 Å². The molecule has 0 radical (unpaired) electrons. The summed E-state index contributed by atoms with van der Waals surface area (Å²) in [5.41, 5.74) is 1.32. The van der Waals surface area contributed by atoms with Crippen LogP contribution in [0.1, 0.15) is 43.8 Å². The monoisotopic (exact) mass is 342 g/mol. The molecule has 1 unspecified atom stereocenters. The highest BCUT2D eigenvalue weighted by molar-refractivity contribution is 9.10. The Labute approximate surface area is 131 Å². The molecule has 20 heavy (non-hydrogen) atoms. The van der Waals surface area contributed by atoms with Gasteiger partial charge >= 0.3 is 0 Å². The molecule has 2 rings (SSSR count). The minimum atomic E-state index is 0.411. The van der Waals surface area contributed by atoms with Crippen LogP contribution < -0.4 is 5.32 Å². The number of nitrogens with one attached hydrogen (secondary N) is 1. The predicted molar refractivity (Wildman–Crippen MR) is 86.9 cm³/mol. The average Bonchev–Trinajstić information content (AvgIpc) is 2.80. The summed E-state index contributed by atoms with van der Waals surface area (Å²) in [5.74, 6) is 0.736. The van der Waals surface area contributed by atoms with Crippen LogP contribution >= 0.6 is 15.9 Å². The number of nitrogens with zero attached hydrogens (tertiary/aromatic N) is 3. The molecular weight excluding hydrogens is 316 g/mol. The van der Waals surface area contributed by atoms with Crippen molar-refractivity contribution >= 4 is 15.9 Å². The smallest absolute Gasteiger partial charge is 0.0698 e. The van der Waals surface area contributed by atoms with Crippen molar-refractivity contribution in [3.63, 3.8) is 0 Å². The Hall–Kier alpha value is -0.390. The first kappa shape index (κ1) is 16.0. The zero-order chi connectivity index (χ0) is 14.5. The molecule has 1 aromatic heterocycles.